The molecule has 0 saturated carbocycles. The first-order valence-electron chi connectivity index (χ1n) is 15.5. The van der Waals surface area contributed by atoms with Gasteiger partial charge in [0, 0.05) is 10.9 Å². The van der Waals surface area contributed by atoms with E-state index < -0.39 is 0 Å². The molecule has 0 spiro atoms. The van der Waals surface area contributed by atoms with Gasteiger partial charge in [0.2, 0.25) is 0 Å². The first-order chi connectivity index (χ1) is 22.3. The molecule has 0 aromatic heterocycles. The molecule has 10 rings (SSSR count). The second kappa shape index (κ2) is 9.29. The third-order valence-electron chi connectivity index (χ3n) is 9.61. The minimum absolute atomic E-state index is 0.903. The largest absolute Gasteiger partial charge is 0.456 e. The Balaban J connectivity index is 1.12. The van der Waals surface area contributed by atoms with Crippen LogP contribution in [0.1, 0.15) is 0 Å². The molecule has 0 bridgehead atoms. The number of hydrogen-bond donors (Lipinski definition) is 0. The molecule has 9 aromatic carbocycles. The first kappa shape index (κ1) is 24.5. The summed E-state index contributed by atoms with van der Waals surface area (Å²) in [5.74, 6) is 1.81. The second-order valence-electron chi connectivity index (χ2n) is 12.1. The molecule has 0 N–H and O–H groups in total. The smallest absolute Gasteiger partial charge is 0.135 e. The van der Waals surface area contributed by atoms with E-state index in [1.54, 1.807) is 0 Å². The molecule has 45 heavy (non-hydrogen) atoms. The second-order valence-corrected chi connectivity index (χ2v) is 12.1. The van der Waals surface area contributed by atoms with Gasteiger partial charge in [-0.3, -0.25) is 0 Å². The predicted molar refractivity (Wildman–Crippen MR) is 189 cm³/mol. The number of rotatable bonds is 3. The minimum Gasteiger partial charge on any atom is -0.456 e. The summed E-state index contributed by atoms with van der Waals surface area (Å²) in [6, 6.07) is 57.3. The molecule has 1 nitrogen and oxygen atoms in total. The lowest BCUT2D eigenvalue weighted by molar-refractivity contribution is 0.487. The van der Waals surface area contributed by atoms with Gasteiger partial charge < -0.3 is 4.74 Å². The van der Waals surface area contributed by atoms with Gasteiger partial charge in [0.1, 0.15) is 11.5 Å². The van der Waals surface area contributed by atoms with Gasteiger partial charge in [-0.15, -0.1) is 0 Å². The van der Waals surface area contributed by atoms with Crippen molar-refractivity contribution in [1.29, 1.82) is 0 Å². The molecule has 1 aliphatic rings. The SMILES string of the molecule is c1ccc(-c2ccc3c(c2)Oc2ccc(-c4cccc(-c5ccc6ccc7cccc8ccc5c6c78)c4)c4cccc-3c24)cc1. The van der Waals surface area contributed by atoms with Crippen molar-refractivity contribution in [3.8, 4) is 56.0 Å². The molecule has 0 unspecified atom stereocenters. The van der Waals surface area contributed by atoms with Crippen LogP contribution in [0.3, 0.4) is 0 Å². The summed E-state index contributed by atoms with van der Waals surface area (Å²) in [4.78, 5) is 0. The zero-order valence-corrected chi connectivity index (χ0v) is 24.4. The van der Waals surface area contributed by atoms with E-state index >= 15 is 0 Å². The van der Waals surface area contributed by atoms with Gasteiger partial charge in [0.15, 0.2) is 0 Å². The Kier molecular flexibility index (Phi) is 5.06. The average molecular weight is 571 g/mol. The van der Waals surface area contributed by atoms with Crippen LogP contribution in [0.2, 0.25) is 0 Å². The van der Waals surface area contributed by atoms with Crippen molar-refractivity contribution in [2.24, 2.45) is 0 Å². The molecular formula is C44H26O. The van der Waals surface area contributed by atoms with Gasteiger partial charge in [-0.2, -0.15) is 0 Å². The number of fused-ring (bicyclic) bond motifs is 2. The monoisotopic (exact) mass is 570 g/mol. The van der Waals surface area contributed by atoms with Crippen LogP contribution >= 0.6 is 0 Å². The van der Waals surface area contributed by atoms with Crippen molar-refractivity contribution in [1.82, 2.24) is 0 Å². The van der Waals surface area contributed by atoms with E-state index in [9.17, 15) is 0 Å². The van der Waals surface area contributed by atoms with E-state index in [0.717, 1.165) is 22.6 Å². The van der Waals surface area contributed by atoms with Gasteiger partial charge in [0.05, 0.1) is 0 Å². The van der Waals surface area contributed by atoms with Gasteiger partial charge in [-0.1, -0.05) is 133 Å². The molecule has 0 saturated heterocycles. The van der Waals surface area contributed by atoms with E-state index in [1.807, 2.05) is 6.07 Å². The molecule has 9 aromatic rings. The van der Waals surface area contributed by atoms with Gasteiger partial charge in [-0.05, 0) is 101 Å². The lowest BCUT2D eigenvalue weighted by atomic mass is 9.87. The summed E-state index contributed by atoms with van der Waals surface area (Å²) in [7, 11) is 0. The highest BCUT2D eigenvalue weighted by Crippen LogP contribution is 2.50. The summed E-state index contributed by atoms with van der Waals surface area (Å²) < 4.78 is 6.60. The fourth-order valence-electron chi connectivity index (χ4n) is 7.53. The molecule has 208 valence electrons. The van der Waals surface area contributed by atoms with E-state index in [1.165, 1.54) is 76.5 Å². The maximum atomic E-state index is 6.60. The van der Waals surface area contributed by atoms with Crippen molar-refractivity contribution in [3.63, 3.8) is 0 Å². The molecular weight excluding hydrogens is 544 g/mol. The molecule has 0 aliphatic carbocycles. The zero-order valence-electron chi connectivity index (χ0n) is 24.4. The summed E-state index contributed by atoms with van der Waals surface area (Å²) in [6.45, 7) is 0. The van der Waals surface area contributed by atoms with Gasteiger partial charge in [0.25, 0.3) is 0 Å². The number of benzene rings is 9. The van der Waals surface area contributed by atoms with Crippen LogP contribution in [0.25, 0.3) is 87.6 Å². The van der Waals surface area contributed by atoms with Crippen LogP contribution in [-0.2, 0) is 0 Å². The van der Waals surface area contributed by atoms with E-state index in [0.29, 0.717) is 0 Å². The minimum atomic E-state index is 0.903. The lowest BCUT2D eigenvalue weighted by Gasteiger charge is -2.23. The molecule has 1 aliphatic heterocycles. The van der Waals surface area contributed by atoms with Crippen molar-refractivity contribution in [3.05, 3.63) is 158 Å². The Hall–Kier alpha value is -5.92. The maximum absolute atomic E-state index is 6.60. The molecule has 0 fully saturated rings. The van der Waals surface area contributed by atoms with Crippen LogP contribution in [0.15, 0.2) is 158 Å². The Labute approximate surface area is 260 Å². The maximum Gasteiger partial charge on any atom is 0.135 e. The highest BCUT2D eigenvalue weighted by molar-refractivity contribution is 6.25. The Morgan fingerprint density at radius 2 is 0.911 bits per heavy atom. The highest BCUT2D eigenvalue weighted by Gasteiger charge is 2.22. The normalized spacial score (nSPS) is 12.2. The molecule has 1 heterocycles. The Morgan fingerprint density at radius 3 is 1.73 bits per heavy atom. The quantitative estimate of drug-likeness (QED) is 0.192. The van der Waals surface area contributed by atoms with E-state index in [2.05, 4.69) is 152 Å². The fourth-order valence-corrected chi connectivity index (χ4v) is 7.53. The Bertz CT molecular complexity index is 2600. The van der Waals surface area contributed by atoms with Crippen LogP contribution in [0, 0.1) is 0 Å². The van der Waals surface area contributed by atoms with Crippen molar-refractivity contribution < 1.29 is 4.74 Å². The number of ether oxygens (including phenoxy) is 1. The summed E-state index contributed by atoms with van der Waals surface area (Å²) >= 11 is 0. The standard InChI is InChI=1S/C44H26O/c1-2-7-27(8-3-1)31-19-21-36-38-14-6-13-37-35(23-24-40(44(37)38)45-41(36)26-31)33-12-5-11-32(25-33)34-20-17-30-16-15-28-9-4-10-29-18-22-39(34)43(30)42(28)29/h1-26H. The summed E-state index contributed by atoms with van der Waals surface area (Å²) in [5, 5.41) is 10.2. The van der Waals surface area contributed by atoms with Gasteiger partial charge in [-0.25, -0.2) is 0 Å². The van der Waals surface area contributed by atoms with E-state index in [4.69, 9.17) is 4.74 Å². The highest BCUT2D eigenvalue weighted by atomic mass is 16.5. The van der Waals surface area contributed by atoms with Crippen LogP contribution in [0.4, 0.5) is 0 Å². The number of hydrogen-bond acceptors (Lipinski definition) is 1. The topological polar surface area (TPSA) is 9.23 Å². The molecule has 0 radical (unpaired) electrons. The Morgan fingerprint density at radius 1 is 0.289 bits per heavy atom. The zero-order chi connectivity index (χ0) is 29.5. The van der Waals surface area contributed by atoms with E-state index in [-0.39, 0.29) is 0 Å². The fraction of sp³-hybridized carbons (Fsp3) is 0. The van der Waals surface area contributed by atoms with Crippen LogP contribution < -0.4 is 4.74 Å². The van der Waals surface area contributed by atoms with Crippen molar-refractivity contribution >= 4 is 43.1 Å². The molecule has 1 heteroatoms. The average Bonchev–Trinajstić information content (AvgIpc) is 3.11. The first-order valence-corrected chi connectivity index (χ1v) is 15.5. The molecule has 0 atom stereocenters. The summed E-state index contributed by atoms with van der Waals surface area (Å²) in [5.41, 5.74) is 9.59. The van der Waals surface area contributed by atoms with Crippen molar-refractivity contribution in [2.45, 2.75) is 0 Å². The van der Waals surface area contributed by atoms with Crippen LogP contribution in [0.5, 0.6) is 11.5 Å². The summed E-state index contributed by atoms with van der Waals surface area (Å²) in [6.07, 6.45) is 0. The van der Waals surface area contributed by atoms with Gasteiger partial charge >= 0.3 is 0 Å². The molecule has 0 amide bonds. The van der Waals surface area contributed by atoms with Crippen LogP contribution in [-0.4, -0.2) is 0 Å². The predicted octanol–water partition coefficient (Wildman–Crippen LogP) is 12.5. The van der Waals surface area contributed by atoms with Crippen molar-refractivity contribution in [2.75, 3.05) is 0 Å². The third-order valence-corrected chi connectivity index (χ3v) is 9.61. The lowest BCUT2D eigenvalue weighted by Crippen LogP contribution is -1.98. The third kappa shape index (κ3) is 3.62.